The maximum Gasteiger partial charge on any atom is 0.146 e. The molecule has 2 heterocycles. The van der Waals surface area contributed by atoms with Gasteiger partial charge in [-0.2, -0.15) is 0 Å². The molecule has 0 aromatic carbocycles. The molecule has 2 atom stereocenters. The fourth-order valence-electron chi connectivity index (χ4n) is 1.96. The molecule has 15 heavy (non-hydrogen) atoms. The van der Waals surface area contributed by atoms with E-state index in [9.17, 15) is 4.79 Å². The lowest BCUT2D eigenvalue weighted by molar-refractivity contribution is -0.123. The summed E-state index contributed by atoms with van der Waals surface area (Å²) in [4.78, 5) is 13.4. The van der Waals surface area contributed by atoms with Gasteiger partial charge in [0.25, 0.3) is 0 Å². The monoisotopic (exact) mass is 255 g/mol. The predicted molar refractivity (Wildman–Crippen MR) is 64.9 cm³/mol. The van der Waals surface area contributed by atoms with E-state index >= 15 is 0 Å². The third-order valence-electron chi connectivity index (χ3n) is 2.94. The van der Waals surface area contributed by atoms with Crippen molar-refractivity contribution in [1.82, 2.24) is 15.5 Å². The zero-order valence-electron chi connectivity index (χ0n) is 8.86. The third-order valence-corrected chi connectivity index (χ3v) is 2.94. The number of Topliss-reactive ketones (excluding diaryl/α,β-unsaturated/α-hetero) is 1. The van der Waals surface area contributed by atoms with Crippen molar-refractivity contribution in [3.8, 4) is 0 Å². The van der Waals surface area contributed by atoms with Gasteiger partial charge in [0.15, 0.2) is 0 Å². The highest BCUT2D eigenvalue weighted by Gasteiger charge is 2.35. The van der Waals surface area contributed by atoms with Crippen LogP contribution in [-0.2, 0) is 4.79 Å². The number of carbonyl (C=O) groups excluding carboxylic acids is 1. The van der Waals surface area contributed by atoms with Gasteiger partial charge in [-0.15, -0.1) is 24.8 Å². The molecule has 0 aliphatic carbocycles. The standard InChI is InChI=1S/C9H17N3O.2ClH/c1-7(13)8-6-9(11-8)12-4-2-10-3-5-12;;/h8-11H,2-6H2,1H3;2*1H. The first-order chi connectivity index (χ1) is 6.27. The van der Waals surface area contributed by atoms with Gasteiger partial charge in [0, 0.05) is 26.2 Å². The van der Waals surface area contributed by atoms with Gasteiger partial charge in [-0.05, 0) is 13.3 Å². The van der Waals surface area contributed by atoms with E-state index in [4.69, 9.17) is 0 Å². The van der Waals surface area contributed by atoms with Crippen LogP contribution < -0.4 is 10.6 Å². The Morgan fingerprint density at radius 1 is 1.27 bits per heavy atom. The molecule has 2 aliphatic heterocycles. The number of nitrogens with one attached hydrogen (secondary N) is 2. The minimum Gasteiger partial charge on any atom is -0.314 e. The second-order valence-corrected chi connectivity index (χ2v) is 3.87. The van der Waals surface area contributed by atoms with E-state index in [2.05, 4.69) is 15.5 Å². The third kappa shape index (κ3) is 3.57. The molecule has 2 unspecified atom stereocenters. The molecule has 2 aliphatic rings. The fraction of sp³-hybridized carbons (Fsp3) is 0.889. The molecular formula is C9H19Cl2N3O. The number of nitrogens with zero attached hydrogens (tertiary/aromatic N) is 1. The molecule has 0 saturated carbocycles. The summed E-state index contributed by atoms with van der Waals surface area (Å²) in [6.07, 6.45) is 1.45. The van der Waals surface area contributed by atoms with Gasteiger partial charge in [0.1, 0.15) is 5.78 Å². The van der Waals surface area contributed by atoms with Crippen LogP contribution in [0.1, 0.15) is 13.3 Å². The van der Waals surface area contributed by atoms with Crippen LogP contribution in [0.4, 0.5) is 0 Å². The summed E-state index contributed by atoms with van der Waals surface area (Å²) in [5.74, 6) is 0.270. The molecule has 0 aromatic rings. The summed E-state index contributed by atoms with van der Waals surface area (Å²) in [5.41, 5.74) is 0. The number of carbonyl (C=O) groups is 1. The molecule has 2 rings (SSSR count). The molecule has 0 bridgehead atoms. The van der Waals surface area contributed by atoms with E-state index < -0.39 is 0 Å². The largest absolute Gasteiger partial charge is 0.314 e. The maximum atomic E-state index is 11.0. The number of halogens is 2. The Hall–Kier alpha value is 0.130. The molecule has 2 fully saturated rings. The molecule has 0 radical (unpaired) electrons. The number of rotatable bonds is 2. The van der Waals surface area contributed by atoms with E-state index in [0.717, 1.165) is 32.6 Å². The predicted octanol–water partition coefficient (Wildman–Crippen LogP) is 0.0122. The van der Waals surface area contributed by atoms with E-state index in [0.29, 0.717) is 6.17 Å². The lowest BCUT2D eigenvalue weighted by Crippen LogP contribution is -2.65. The van der Waals surface area contributed by atoms with Crippen LogP contribution in [0.2, 0.25) is 0 Å². The van der Waals surface area contributed by atoms with Crippen molar-refractivity contribution in [2.24, 2.45) is 0 Å². The molecule has 0 amide bonds. The van der Waals surface area contributed by atoms with E-state index in [1.807, 2.05) is 0 Å². The van der Waals surface area contributed by atoms with Crippen LogP contribution in [-0.4, -0.2) is 49.1 Å². The van der Waals surface area contributed by atoms with Crippen LogP contribution in [0.25, 0.3) is 0 Å². The van der Waals surface area contributed by atoms with E-state index in [1.165, 1.54) is 0 Å². The molecule has 4 nitrogen and oxygen atoms in total. The van der Waals surface area contributed by atoms with Crippen LogP contribution in [0, 0.1) is 0 Å². The van der Waals surface area contributed by atoms with Gasteiger partial charge < -0.3 is 5.32 Å². The summed E-state index contributed by atoms with van der Waals surface area (Å²) >= 11 is 0. The second kappa shape index (κ2) is 6.66. The highest BCUT2D eigenvalue weighted by molar-refractivity contribution is 5.85. The molecular weight excluding hydrogens is 237 g/mol. The number of piperazine rings is 1. The van der Waals surface area contributed by atoms with Crippen LogP contribution in [0.3, 0.4) is 0 Å². The summed E-state index contributed by atoms with van der Waals surface area (Å²) in [5, 5.41) is 6.61. The minimum absolute atomic E-state index is 0. The molecule has 2 N–H and O–H groups in total. The average molecular weight is 256 g/mol. The Labute approximate surface area is 103 Å². The van der Waals surface area contributed by atoms with Gasteiger partial charge in [0.05, 0.1) is 12.2 Å². The SMILES string of the molecule is CC(=O)C1CC(N2CCNCC2)N1.Cl.Cl. The van der Waals surface area contributed by atoms with Gasteiger partial charge in [-0.3, -0.25) is 15.0 Å². The molecule has 90 valence electrons. The highest BCUT2D eigenvalue weighted by atomic mass is 35.5. The number of ketones is 1. The first-order valence-corrected chi connectivity index (χ1v) is 4.98. The lowest BCUT2D eigenvalue weighted by Gasteiger charge is -2.44. The Kier molecular flexibility index (Phi) is 6.71. The van der Waals surface area contributed by atoms with Crippen molar-refractivity contribution in [3.05, 3.63) is 0 Å². The Bertz CT molecular complexity index is 204. The first-order valence-electron chi connectivity index (χ1n) is 4.98. The van der Waals surface area contributed by atoms with Crippen molar-refractivity contribution in [1.29, 1.82) is 0 Å². The minimum atomic E-state index is 0. The summed E-state index contributed by atoms with van der Waals surface area (Å²) in [7, 11) is 0. The smallest absolute Gasteiger partial charge is 0.146 e. The van der Waals surface area contributed by atoms with Crippen molar-refractivity contribution < 1.29 is 4.79 Å². The topological polar surface area (TPSA) is 44.4 Å². The molecule has 2 saturated heterocycles. The quantitative estimate of drug-likeness (QED) is 0.730. The Morgan fingerprint density at radius 3 is 2.27 bits per heavy atom. The maximum absolute atomic E-state index is 11.0. The van der Waals surface area contributed by atoms with Crippen molar-refractivity contribution in [3.63, 3.8) is 0 Å². The average Bonchev–Trinajstić information content (AvgIpc) is 2.02. The van der Waals surface area contributed by atoms with Crippen LogP contribution in [0.15, 0.2) is 0 Å². The zero-order chi connectivity index (χ0) is 9.26. The summed E-state index contributed by atoms with van der Waals surface area (Å²) in [6, 6.07) is 0.125. The Morgan fingerprint density at radius 2 is 1.80 bits per heavy atom. The van der Waals surface area contributed by atoms with Crippen molar-refractivity contribution in [2.45, 2.75) is 25.6 Å². The number of hydrogen-bond acceptors (Lipinski definition) is 4. The molecule has 0 spiro atoms. The normalized spacial score (nSPS) is 30.7. The van der Waals surface area contributed by atoms with E-state index in [-0.39, 0.29) is 36.6 Å². The van der Waals surface area contributed by atoms with Crippen LogP contribution >= 0.6 is 24.8 Å². The molecule has 0 aromatic heterocycles. The van der Waals surface area contributed by atoms with Crippen molar-refractivity contribution in [2.75, 3.05) is 26.2 Å². The van der Waals surface area contributed by atoms with Crippen molar-refractivity contribution >= 4 is 30.6 Å². The van der Waals surface area contributed by atoms with Gasteiger partial charge >= 0.3 is 0 Å². The van der Waals surface area contributed by atoms with Crippen LogP contribution in [0.5, 0.6) is 0 Å². The fourth-order valence-corrected chi connectivity index (χ4v) is 1.96. The number of hydrogen-bond donors (Lipinski definition) is 2. The van der Waals surface area contributed by atoms with Gasteiger partial charge in [-0.1, -0.05) is 0 Å². The van der Waals surface area contributed by atoms with Gasteiger partial charge in [-0.25, -0.2) is 0 Å². The first kappa shape index (κ1) is 15.1. The highest BCUT2D eigenvalue weighted by Crippen LogP contribution is 2.16. The summed E-state index contributed by atoms with van der Waals surface area (Å²) < 4.78 is 0. The molecule has 6 heteroatoms. The second-order valence-electron chi connectivity index (χ2n) is 3.87. The summed E-state index contributed by atoms with van der Waals surface area (Å²) in [6.45, 7) is 6.00. The Balaban J connectivity index is 0.000000980. The van der Waals surface area contributed by atoms with Gasteiger partial charge in [0.2, 0.25) is 0 Å². The lowest BCUT2D eigenvalue weighted by atomic mass is 9.98. The van der Waals surface area contributed by atoms with E-state index in [1.54, 1.807) is 6.92 Å². The zero-order valence-corrected chi connectivity index (χ0v) is 10.5.